The Labute approximate surface area is 426 Å². The maximum atomic E-state index is 6.03. The van der Waals surface area contributed by atoms with Crippen LogP contribution in [0.1, 0.15) is 153 Å². The second-order valence-corrected chi connectivity index (χ2v) is 16.7. The Balaban J connectivity index is 0.000000887. The molecule has 0 fully saturated rings. The SMILES string of the molecule is C/C=C/N(C=C(C)C)/C=C(C)\C=C(/C)Cc1cccc(Cl)c1.CC.CC.CC.CC.CCc1ccccc1C.Cc1ccc(Cc2cc(C)cn3cc(C)nc23)cc1.Cc1ccc2nc(C)cn2c1. The Bertz CT molecular complexity index is 2590. The highest BCUT2D eigenvalue weighted by Gasteiger charge is 2.07. The lowest BCUT2D eigenvalue weighted by Gasteiger charge is -2.12. The van der Waals surface area contributed by atoms with Gasteiger partial charge in [0.05, 0.1) is 11.4 Å². The summed E-state index contributed by atoms with van der Waals surface area (Å²) in [6.07, 6.45) is 21.9. The number of hydrogen-bond acceptors (Lipinski definition) is 3. The van der Waals surface area contributed by atoms with Crippen molar-refractivity contribution in [3.63, 3.8) is 0 Å². The number of halogens is 1. The van der Waals surface area contributed by atoms with Crippen LogP contribution in [-0.2, 0) is 19.3 Å². The van der Waals surface area contributed by atoms with Crippen LogP contribution in [0.2, 0.25) is 5.02 Å². The Morgan fingerprint density at radius 2 is 1.19 bits per heavy atom. The average molecular weight is 953 g/mol. The van der Waals surface area contributed by atoms with Crippen LogP contribution in [0.5, 0.6) is 0 Å². The van der Waals surface area contributed by atoms with Crippen LogP contribution in [0.4, 0.5) is 0 Å². The van der Waals surface area contributed by atoms with Gasteiger partial charge in [-0.05, 0) is 146 Å². The number of rotatable bonds is 9. The lowest BCUT2D eigenvalue weighted by Crippen LogP contribution is -2.01. The second-order valence-electron chi connectivity index (χ2n) is 16.3. The second kappa shape index (κ2) is 36.1. The molecule has 3 aromatic carbocycles. The summed E-state index contributed by atoms with van der Waals surface area (Å²) < 4.78 is 4.18. The molecule has 0 aliphatic rings. The van der Waals surface area contributed by atoms with E-state index in [-0.39, 0.29) is 0 Å². The van der Waals surface area contributed by atoms with Gasteiger partial charge in [0.25, 0.3) is 0 Å². The van der Waals surface area contributed by atoms with E-state index in [0.29, 0.717) is 0 Å². The zero-order valence-electron chi connectivity index (χ0n) is 46.6. The highest BCUT2D eigenvalue weighted by molar-refractivity contribution is 6.30. The largest absolute Gasteiger partial charge is 0.331 e. The summed E-state index contributed by atoms with van der Waals surface area (Å²) in [5.74, 6) is 0. The lowest BCUT2D eigenvalue weighted by molar-refractivity contribution is 0.677. The number of aromatic nitrogens is 4. The fraction of sp³-hybridized carbons (Fsp3) is 0.365. The van der Waals surface area contributed by atoms with Crippen LogP contribution in [0, 0.1) is 41.5 Å². The van der Waals surface area contributed by atoms with E-state index in [2.05, 4.69) is 192 Å². The molecule has 0 N–H and O–H groups in total. The quantitative estimate of drug-likeness (QED) is 0.135. The molecular formula is C63H90ClN5. The van der Waals surface area contributed by atoms with Crippen molar-refractivity contribution >= 4 is 22.9 Å². The third-order valence-electron chi connectivity index (χ3n) is 9.69. The van der Waals surface area contributed by atoms with E-state index < -0.39 is 0 Å². The number of fused-ring (bicyclic) bond motifs is 2. The first-order valence-electron chi connectivity index (χ1n) is 25.2. The number of aryl methyl sites for hydroxylation is 7. The average Bonchev–Trinajstić information content (AvgIpc) is 3.90. The molecule has 0 bridgehead atoms. The van der Waals surface area contributed by atoms with E-state index in [1.807, 2.05) is 117 Å². The van der Waals surface area contributed by atoms with Gasteiger partial charge in [-0.3, -0.25) is 0 Å². The zero-order chi connectivity index (χ0) is 52.5. The summed E-state index contributed by atoms with van der Waals surface area (Å²) in [5.41, 5.74) is 18.6. The van der Waals surface area contributed by atoms with E-state index in [0.717, 1.165) is 47.0 Å². The number of nitrogens with zero attached hydrogens (tertiary/aromatic N) is 5. The molecule has 0 unspecified atom stereocenters. The normalized spacial score (nSPS) is 10.4. The molecule has 0 amide bonds. The Morgan fingerprint density at radius 3 is 1.77 bits per heavy atom. The van der Waals surface area contributed by atoms with Crippen LogP contribution in [0.15, 0.2) is 163 Å². The molecule has 0 saturated heterocycles. The molecule has 0 saturated carbocycles. The van der Waals surface area contributed by atoms with Gasteiger partial charge in [0.1, 0.15) is 11.3 Å². The lowest BCUT2D eigenvalue weighted by atomic mass is 10.0. The Kier molecular flexibility index (Phi) is 33.0. The van der Waals surface area contributed by atoms with Gasteiger partial charge in [0.15, 0.2) is 0 Å². The summed E-state index contributed by atoms with van der Waals surface area (Å²) in [5, 5.41) is 0.792. The van der Waals surface area contributed by atoms with Crippen LogP contribution in [0.3, 0.4) is 0 Å². The van der Waals surface area contributed by atoms with E-state index in [9.17, 15) is 0 Å². The molecule has 0 aliphatic heterocycles. The number of hydrogen-bond donors (Lipinski definition) is 0. The smallest absolute Gasteiger partial charge is 0.140 e. The Hall–Kier alpha value is -5.91. The maximum absolute atomic E-state index is 6.03. The molecule has 7 aromatic rings. The van der Waals surface area contributed by atoms with Crippen molar-refractivity contribution in [3.05, 3.63) is 224 Å². The fourth-order valence-corrected chi connectivity index (χ4v) is 7.23. The minimum absolute atomic E-state index is 0.792. The summed E-state index contributed by atoms with van der Waals surface area (Å²) >= 11 is 6.03. The first-order chi connectivity index (χ1) is 33.1. The van der Waals surface area contributed by atoms with Gasteiger partial charge in [-0.1, -0.05) is 176 Å². The molecular weight excluding hydrogens is 862 g/mol. The fourth-order valence-electron chi connectivity index (χ4n) is 7.02. The molecule has 4 heterocycles. The molecule has 7 rings (SSSR count). The van der Waals surface area contributed by atoms with E-state index in [1.54, 1.807) is 0 Å². The standard InChI is InChI=1S/C20H26ClN.C17H18N2.C9H10N2.C9H12.4C2H6/c1-6-10-22(14-16(2)3)15-18(5)11-17(4)12-19-8-7-9-20(21)13-19;1-12-4-6-15(7-5-12)9-16-8-13(2)10-19-11-14(3)18-17(16)19;1-7-3-4-9-10-8(2)6-11(9)5-7;1-3-9-7-5-4-6-8(9)2;4*1-2/h6-11,13-15H,12H2,1-5H3;4-8,10-11H,9H2,1-3H3;3-6H,1-2H3;4-7H,3H2,1-2H3;4*1-2H3/b10-6+,17-11+,18-15-;;;;;;;. The molecule has 374 valence electrons. The molecule has 5 nitrogen and oxygen atoms in total. The monoisotopic (exact) mass is 952 g/mol. The first-order valence-corrected chi connectivity index (χ1v) is 25.6. The van der Waals surface area contributed by atoms with Crippen molar-refractivity contribution in [2.75, 3.05) is 0 Å². The number of benzene rings is 3. The summed E-state index contributed by atoms with van der Waals surface area (Å²) in [6, 6.07) is 31.6. The minimum atomic E-state index is 0.792. The van der Waals surface area contributed by atoms with E-state index >= 15 is 0 Å². The van der Waals surface area contributed by atoms with Crippen molar-refractivity contribution < 1.29 is 0 Å². The summed E-state index contributed by atoms with van der Waals surface area (Å²) in [7, 11) is 0. The van der Waals surface area contributed by atoms with Crippen LogP contribution in [0.25, 0.3) is 11.3 Å². The van der Waals surface area contributed by atoms with E-state index in [4.69, 9.17) is 11.6 Å². The van der Waals surface area contributed by atoms with Crippen molar-refractivity contribution in [1.29, 1.82) is 0 Å². The van der Waals surface area contributed by atoms with Crippen molar-refractivity contribution in [3.8, 4) is 0 Å². The van der Waals surface area contributed by atoms with Gasteiger partial charge in [-0.25, -0.2) is 9.97 Å². The van der Waals surface area contributed by atoms with Gasteiger partial charge in [0, 0.05) is 60.4 Å². The molecule has 0 spiro atoms. The van der Waals surface area contributed by atoms with Crippen molar-refractivity contribution in [2.24, 2.45) is 0 Å². The number of allylic oxidation sites excluding steroid dienone is 5. The Morgan fingerprint density at radius 1 is 0.594 bits per heavy atom. The predicted molar refractivity (Wildman–Crippen MR) is 308 cm³/mol. The van der Waals surface area contributed by atoms with Crippen molar-refractivity contribution in [1.82, 2.24) is 23.7 Å². The topological polar surface area (TPSA) is 37.8 Å². The van der Waals surface area contributed by atoms with Gasteiger partial charge < -0.3 is 13.7 Å². The third kappa shape index (κ3) is 24.8. The van der Waals surface area contributed by atoms with Crippen molar-refractivity contribution in [2.45, 2.75) is 158 Å². The molecule has 69 heavy (non-hydrogen) atoms. The summed E-state index contributed by atoms with van der Waals surface area (Å²) in [4.78, 5) is 11.0. The number of imidazole rings is 2. The highest BCUT2D eigenvalue weighted by Crippen LogP contribution is 2.19. The van der Waals surface area contributed by atoms with Crippen LogP contribution >= 0.6 is 11.6 Å². The van der Waals surface area contributed by atoms with Crippen LogP contribution in [-0.4, -0.2) is 23.7 Å². The molecule has 0 aliphatic carbocycles. The van der Waals surface area contributed by atoms with Gasteiger partial charge in [-0.2, -0.15) is 0 Å². The summed E-state index contributed by atoms with van der Waals surface area (Å²) in [6.45, 7) is 41.2. The minimum Gasteiger partial charge on any atom is -0.331 e. The third-order valence-corrected chi connectivity index (χ3v) is 9.92. The van der Waals surface area contributed by atoms with Crippen LogP contribution < -0.4 is 0 Å². The molecule has 0 atom stereocenters. The van der Waals surface area contributed by atoms with Gasteiger partial charge in [0.2, 0.25) is 0 Å². The highest BCUT2D eigenvalue weighted by atomic mass is 35.5. The molecule has 6 heteroatoms. The van der Waals surface area contributed by atoms with E-state index in [1.165, 1.54) is 61.2 Å². The molecule has 0 radical (unpaired) electrons. The molecule has 4 aromatic heterocycles. The van der Waals surface area contributed by atoms with Gasteiger partial charge >= 0.3 is 0 Å². The zero-order valence-corrected chi connectivity index (χ0v) is 47.3. The first kappa shape index (κ1) is 63.1. The predicted octanol–water partition coefficient (Wildman–Crippen LogP) is 19.0. The maximum Gasteiger partial charge on any atom is 0.140 e. The van der Waals surface area contributed by atoms with Gasteiger partial charge in [-0.15, -0.1) is 0 Å². The number of pyridine rings is 2.